The highest BCUT2D eigenvalue weighted by Gasteiger charge is 2.12. The molecule has 0 atom stereocenters. The van der Waals surface area contributed by atoms with Gasteiger partial charge in [-0.1, -0.05) is 36.3 Å². The van der Waals surface area contributed by atoms with E-state index in [1.54, 1.807) is 0 Å². The number of rotatable bonds is 6. The van der Waals surface area contributed by atoms with Crippen LogP contribution in [0.15, 0.2) is 30.3 Å². The van der Waals surface area contributed by atoms with Crippen LogP contribution in [0.4, 0.5) is 0 Å². The zero-order valence-corrected chi connectivity index (χ0v) is 12.1. The number of aromatic nitrogens is 3. The lowest BCUT2D eigenvalue weighted by Gasteiger charge is -2.12. The van der Waals surface area contributed by atoms with Gasteiger partial charge in [-0.3, -0.25) is 4.90 Å². The van der Waals surface area contributed by atoms with Crippen LogP contribution < -0.4 is 0 Å². The molecule has 0 amide bonds. The molecule has 0 bridgehead atoms. The van der Waals surface area contributed by atoms with Crippen LogP contribution in [-0.2, 0) is 12.8 Å². The van der Waals surface area contributed by atoms with Gasteiger partial charge in [-0.2, -0.15) is 0 Å². The highest BCUT2D eigenvalue weighted by molar-refractivity contribution is 5.33. The van der Waals surface area contributed by atoms with Gasteiger partial charge in [-0.25, -0.2) is 4.68 Å². The van der Waals surface area contributed by atoms with E-state index in [0.717, 1.165) is 30.8 Å². The van der Waals surface area contributed by atoms with Gasteiger partial charge in [0.2, 0.25) is 0 Å². The highest BCUT2D eigenvalue weighted by Crippen LogP contribution is 2.14. The van der Waals surface area contributed by atoms with Crippen LogP contribution in [0.1, 0.15) is 18.3 Å². The number of benzene rings is 1. The second-order valence-electron chi connectivity index (χ2n) is 4.78. The first-order valence-corrected chi connectivity index (χ1v) is 6.87. The topological polar surface area (TPSA) is 34.0 Å². The number of nitrogens with zero attached hydrogens (tertiary/aromatic N) is 4. The molecule has 0 aliphatic carbocycles. The first kappa shape index (κ1) is 14.3. The molecule has 1 heterocycles. The molecule has 0 radical (unpaired) electrons. The summed E-state index contributed by atoms with van der Waals surface area (Å²) in [6, 6.07) is 10.1. The molecule has 0 N–H and O–H groups in total. The molecule has 0 unspecified atom stereocenters. The molecular formula is C16H20N4. The van der Waals surface area contributed by atoms with Crippen molar-refractivity contribution in [3.8, 4) is 18.0 Å². The minimum absolute atomic E-state index is 0.661. The van der Waals surface area contributed by atoms with Gasteiger partial charge in [0.1, 0.15) is 0 Å². The predicted molar refractivity (Wildman–Crippen MR) is 80.8 cm³/mol. The molecule has 0 spiro atoms. The van der Waals surface area contributed by atoms with Crippen molar-refractivity contribution in [2.75, 3.05) is 20.1 Å². The lowest BCUT2D eigenvalue weighted by Crippen LogP contribution is -2.21. The highest BCUT2D eigenvalue weighted by atomic mass is 15.4. The van der Waals surface area contributed by atoms with Crippen LogP contribution in [0.25, 0.3) is 5.69 Å². The van der Waals surface area contributed by atoms with Gasteiger partial charge in [-0.05, 0) is 25.6 Å². The third kappa shape index (κ3) is 3.25. The maximum Gasteiger partial charge on any atom is 0.0876 e. The monoisotopic (exact) mass is 268 g/mol. The van der Waals surface area contributed by atoms with E-state index in [0.29, 0.717) is 6.54 Å². The fourth-order valence-electron chi connectivity index (χ4n) is 2.19. The molecular weight excluding hydrogens is 248 g/mol. The van der Waals surface area contributed by atoms with Crippen molar-refractivity contribution < 1.29 is 0 Å². The Morgan fingerprint density at radius 1 is 1.30 bits per heavy atom. The number of para-hydroxylation sites is 1. The second kappa shape index (κ2) is 6.88. The van der Waals surface area contributed by atoms with Gasteiger partial charge in [0.25, 0.3) is 0 Å². The molecule has 0 saturated heterocycles. The Labute approximate surface area is 120 Å². The molecule has 2 rings (SSSR count). The van der Waals surface area contributed by atoms with Crippen LogP contribution in [0.2, 0.25) is 0 Å². The first-order valence-electron chi connectivity index (χ1n) is 6.87. The summed E-state index contributed by atoms with van der Waals surface area (Å²) in [5, 5.41) is 8.62. The Morgan fingerprint density at radius 2 is 2.05 bits per heavy atom. The van der Waals surface area contributed by atoms with Crippen LogP contribution >= 0.6 is 0 Å². The van der Waals surface area contributed by atoms with E-state index < -0.39 is 0 Å². The molecule has 1 aromatic heterocycles. The summed E-state index contributed by atoms with van der Waals surface area (Å²) in [6.45, 7) is 3.69. The molecule has 0 fully saturated rings. The smallest absolute Gasteiger partial charge is 0.0876 e. The fourth-order valence-corrected chi connectivity index (χ4v) is 2.19. The number of hydrogen-bond donors (Lipinski definition) is 0. The van der Waals surface area contributed by atoms with Gasteiger partial charge in [-0.15, -0.1) is 11.5 Å². The van der Waals surface area contributed by atoms with Gasteiger partial charge >= 0.3 is 0 Å². The quantitative estimate of drug-likeness (QED) is 0.751. The van der Waals surface area contributed by atoms with Crippen molar-refractivity contribution in [3.63, 3.8) is 0 Å². The van der Waals surface area contributed by atoms with Crippen molar-refractivity contribution in [3.05, 3.63) is 41.7 Å². The molecule has 0 aliphatic heterocycles. The van der Waals surface area contributed by atoms with E-state index in [2.05, 4.69) is 28.1 Å². The van der Waals surface area contributed by atoms with Crippen LogP contribution in [-0.4, -0.2) is 40.0 Å². The predicted octanol–water partition coefficient (Wildman–Crippen LogP) is 1.94. The summed E-state index contributed by atoms with van der Waals surface area (Å²) in [5.74, 6) is 2.65. The Morgan fingerprint density at radius 3 is 2.70 bits per heavy atom. The Bertz CT molecular complexity index is 580. The summed E-state index contributed by atoms with van der Waals surface area (Å²) >= 11 is 0. The van der Waals surface area contributed by atoms with E-state index in [1.807, 2.05) is 42.1 Å². The van der Waals surface area contributed by atoms with Crippen LogP contribution in [0.5, 0.6) is 0 Å². The summed E-state index contributed by atoms with van der Waals surface area (Å²) in [5.41, 5.74) is 3.28. The molecule has 20 heavy (non-hydrogen) atoms. The van der Waals surface area contributed by atoms with E-state index in [9.17, 15) is 0 Å². The molecule has 2 aromatic rings. The fraction of sp³-hybridized carbons (Fsp3) is 0.375. The van der Waals surface area contributed by atoms with Crippen LogP contribution in [0, 0.1) is 12.3 Å². The van der Waals surface area contributed by atoms with Gasteiger partial charge in [0, 0.05) is 13.0 Å². The molecule has 0 saturated carbocycles. The van der Waals surface area contributed by atoms with E-state index in [1.165, 1.54) is 5.69 Å². The Hall–Kier alpha value is -2.12. The SMILES string of the molecule is C#CCN(C)CCc1nnn(-c2ccccc2)c1CC. The Kier molecular flexibility index (Phi) is 4.91. The molecule has 104 valence electrons. The van der Waals surface area contributed by atoms with Crippen molar-refractivity contribution in [2.45, 2.75) is 19.8 Å². The number of terminal acetylenes is 1. The van der Waals surface area contributed by atoms with Gasteiger partial charge < -0.3 is 0 Å². The molecule has 4 heteroatoms. The standard InChI is InChI=1S/C16H20N4/c1-4-12-19(3)13-11-15-16(5-2)20(18-17-15)14-9-7-6-8-10-14/h1,6-10H,5,11-13H2,2-3H3. The zero-order chi connectivity index (χ0) is 14.4. The summed E-state index contributed by atoms with van der Waals surface area (Å²) in [6.07, 6.45) is 7.09. The van der Waals surface area contributed by atoms with Crippen molar-refractivity contribution in [1.82, 2.24) is 19.9 Å². The summed E-state index contributed by atoms with van der Waals surface area (Å²) in [7, 11) is 2.02. The summed E-state index contributed by atoms with van der Waals surface area (Å²) in [4.78, 5) is 2.11. The van der Waals surface area contributed by atoms with E-state index >= 15 is 0 Å². The van der Waals surface area contributed by atoms with Crippen molar-refractivity contribution in [2.24, 2.45) is 0 Å². The average Bonchev–Trinajstić information content (AvgIpc) is 2.89. The lowest BCUT2D eigenvalue weighted by atomic mass is 10.2. The van der Waals surface area contributed by atoms with Crippen molar-refractivity contribution >= 4 is 0 Å². The normalized spacial score (nSPS) is 10.7. The van der Waals surface area contributed by atoms with Crippen molar-refractivity contribution in [1.29, 1.82) is 0 Å². The average molecular weight is 268 g/mol. The minimum Gasteiger partial charge on any atom is -0.295 e. The van der Waals surface area contributed by atoms with Gasteiger partial charge in [0.15, 0.2) is 0 Å². The molecule has 4 nitrogen and oxygen atoms in total. The third-order valence-electron chi connectivity index (χ3n) is 3.27. The first-order chi connectivity index (χ1) is 9.76. The van der Waals surface area contributed by atoms with Gasteiger partial charge in [0.05, 0.1) is 23.6 Å². The van der Waals surface area contributed by atoms with E-state index in [-0.39, 0.29) is 0 Å². The minimum atomic E-state index is 0.661. The van der Waals surface area contributed by atoms with E-state index in [4.69, 9.17) is 6.42 Å². The lowest BCUT2D eigenvalue weighted by molar-refractivity contribution is 0.379. The maximum atomic E-state index is 5.31. The molecule has 0 aliphatic rings. The third-order valence-corrected chi connectivity index (χ3v) is 3.27. The summed E-state index contributed by atoms with van der Waals surface area (Å²) < 4.78 is 1.93. The largest absolute Gasteiger partial charge is 0.295 e. The number of likely N-dealkylation sites (N-methyl/N-ethyl adjacent to an activating group) is 1. The number of hydrogen-bond acceptors (Lipinski definition) is 3. The second-order valence-corrected chi connectivity index (χ2v) is 4.78. The van der Waals surface area contributed by atoms with Crippen LogP contribution in [0.3, 0.4) is 0 Å². The Balaban J connectivity index is 2.16. The zero-order valence-electron chi connectivity index (χ0n) is 12.1. The molecule has 1 aromatic carbocycles. The maximum absolute atomic E-state index is 5.31.